The molecule has 0 fully saturated rings. The van der Waals surface area contributed by atoms with Gasteiger partial charge in [-0.2, -0.15) is 0 Å². The Labute approximate surface area is 341 Å². The predicted octanol–water partition coefficient (Wildman–Crippen LogP) is 9.54. The molecule has 5 N–H and O–H groups in total. The molecule has 0 saturated carbocycles. The van der Waals surface area contributed by atoms with Crippen LogP contribution in [0.4, 0.5) is 0 Å². The summed E-state index contributed by atoms with van der Waals surface area (Å²) in [5.74, 6) is 0.369. The van der Waals surface area contributed by atoms with Gasteiger partial charge in [0.15, 0.2) is 0 Å². The molecule has 0 amide bonds. The van der Waals surface area contributed by atoms with Crippen LogP contribution in [0, 0.1) is 26.2 Å². The van der Waals surface area contributed by atoms with E-state index in [0.29, 0.717) is 37.9 Å². The Bertz CT molecular complexity index is 1740. The molecular weight excluding hydrogens is 725 g/mol. The zero-order chi connectivity index (χ0) is 42.9. The minimum Gasteiger partial charge on any atom is -0.507 e. The van der Waals surface area contributed by atoms with Gasteiger partial charge in [-0.25, -0.2) is 14.7 Å². The molecule has 10 nitrogen and oxygen atoms in total. The Morgan fingerprint density at radius 3 is 1.60 bits per heavy atom. The monoisotopic (exact) mass is 794 g/mol. The summed E-state index contributed by atoms with van der Waals surface area (Å²) >= 11 is 0. The van der Waals surface area contributed by atoms with Gasteiger partial charge in [0, 0.05) is 6.42 Å². The van der Waals surface area contributed by atoms with Gasteiger partial charge in [0.1, 0.15) is 23.9 Å². The minimum absolute atomic E-state index is 0.0872. The van der Waals surface area contributed by atoms with Gasteiger partial charge in [0.2, 0.25) is 0 Å². The summed E-state index contributed by atoms with van der Waals surface area (Å²) in [5.41, 5.74) is 5.86. The first-order valence-electron chi connectivity index (χ1n) is 20.2. The van der Waals surface area contributed by atoms with E-state index in [2.05, 4.69) is 53.7 Å². The van der Waals surface area contributed by atoms with Crippen LogP contribution in [-0.4, -0.2) is 64.2 Å². The van der Waals surface area contributed by atoms with Crippen molar-refractivity contribution in [1.82, 2.24) is 0 Å². The highest BCUT2D eigenvalue weighted by Crippen LogP contribution is 2.40. The molecule has 0 saturated heterocycles. The third-order valence-electron chi connectivity index (χ3n) is 10.7. The summed E-state index contributed by atoms with van der Waals surface area (Å²) in [7, 11) is 0. The van der Waals surface area contributed by atoms with Crippen LogP contribution in [0.15, 0.2) is 36.4 Å². The molecule has 10 heteroatoms. The first-order valence-corrected chi connectivity index (χ1v) is 20.2. The number of esters is 1. The van der Waals surface area contributed by atoms with Crippen molar-refractivity contribution in [3.63, 3.8) is 0 Å². The number of aromatic hydroxyl groups is 3. The van der Waals surface area contributed by atoms with Crippen molar-refractivity contribution in [3.8, 4) is 17.2 Å². The summed E-state index contributed by atoms with van der Waals surface area (Å²) < 4.78 is 5.75. The normalized spacial score (nSPS) is 14.1. The van der Waals surface area contributed by atoms with E-state index in [1.54, 1.807) is 0 Å². The number of aryl methyl sites for hydroxylation is 6. The Hall–Kier alpha value is -3.67. The molecule has 0 bridgehead atoms. The number of ether oxygens (including phenoxy) is 1. The molecule has 318 valence electrons. The molecule has 2 unspecified atom stereocenters. The largest absolute Gasteiger partial charge is 0.507 e. The van der Waals surface area contributed by atoms with Crippen LogP contribution < -0.4 is 0 Å². The zero-order valence-corrected chi connectivity index (χ0v) is 36.6. The number of benzene rings is 3. The molecule has 3 aromatic rings. The SMILES string of the molecule is Cc1cc(CCC(=O)OCC(CO)(COOCCCc2cc(C(C)(C)C)c(O)c(C(C)(C)C)c2)CC(CCc2cc(C)c(O)c(C(C)(C)C)c2)OO)cc(C)c1O. The quantitative estimate of drug-likeness (QED) is 0.0343. The van der Waals surface area contributed by atoms with Gasteiger partial charge in [-0.15, -0.1) is 0 Å². The maximum atomic E-state index is 13.1. The van der Waals surface area contributed by atoms with Crippen molar-refractivity contribution >= 4 is 5.97 Å². The number of hydrogen-bond donors (Lipinski definition) is 5. The van der Waals surface area contributed by atoms with Gasteiger partial charge in [-0.3, -0.25) is 10.1 Å². The number of carbonyl (C=O) groups excluding carboxylic acids is 1. The zero-order valence-electron chi connectivity index (χ0n) is 36.6. The molecule has 0 aliphatic carbocycles. The molecule has 3 rings (SSSR count). The number of carbonyl (C=O) groups is 1. The molecule has 0 aromatic heterocycles. The van der Waals surface area contributed by atoms with Crippen LogP contribution in [0.5, 0.6) is 17.2 Å². The predicted molar refractivity (Wildman–Crippen MR) is 224 cm³/mol. The second-order valence-corrected chi connectivity index (χ2v) is 19.2. The van der Waals surface area contributed by atoms with Crippen molar-refractivity contribution in [2.75, 3.05) is 26.4 Å². The highest BCUT2D eigenvalue weighted by molar-refractivity contribution is 5.69. The van der Waals surface area contributed by atoms with E-state index in [1.165, 1.54) is 0 Å². The van der Waals surface area contributed by atoms with Crippen molar-refractivity contribution < 1.29 is 49.9 Å². The molecule has 0 spiro atoms. The minimum atomic E-state index is -1.17. The van der Waals surface area contributed by atoms with Gasteiger partial charge in [0.05, 0.1) is 31.3 Å². The second-order valence-electron chi connectivity index (χ2n) is 19.2. The lowest BCUT2D eigenvalue weighted by Gasteiger charge is -2.33. The maximum Gasteiger partial charge on any atom is 0.306 e. The molecule has 2 atom stereocenters. The van der Waals surface area contributed by atoms with Gasteiger partial charge < -0.3 is 25.2 Å². The molecule has 3 aromatic carbocycles. The van der Waals surface area contributed by atoms with Gasteiger partial charge in [-0.05, 0) is 126 Å². The number of phenolic OH excluding ortho intramolecular Hbond substituents is 3. The standard InChI is InChI=1S/C47H70O10/c1-30-20-34(21-31(2)41(30)50)16-18-40(49)54-28-47(27-48,26-36(57-53)17-15-35-22-32(3)42(51)37(25-35)44(4,5)6)29-56-55-19-13-14-33-23-38(45(7,8)9)43(52)39(24-33)46(10,11)12/h20-25,36,48,50-53H,13-19,26-29H2,1-12H3. The van der Waals surface area contributed by atoms with Crippen molar-refractivity contribution in [3.05, 3.63) is 86.5 Å². The lowest BCUT2D eigenvalue weighted by atomic mass is 9.78. The van der Waals surface area contributed by atoms with Crippen LogP contribution in [0.3, 0.4) is 0 Å². The number of hydrogen-bond acceptors (Lipinski definition) is 10. The van der Waals surface area contributed by atoms with Crippen LogP contribution in [-0.2, 0) is 59.7 Å². The fourth-order valence-electron chi connectivity index (χ4n) is 7.17. The summed E-state index contributed by atoms with van der Waals surface area (Å²) in [6.45, 7) is 23.6. The van der Waals surface area contributed by atoms with Crippen LogP contribution in [0.25, 0.3) is 0 Å². The topological polar surface area (TPSA) is 155 Å². The molecular formula is C47H70O10. The summed E-state index contributed by atoms with van der Waals surface area (Å²) in [6, 6.07) is 11.7. The third-order valence-corrected chi connectivity index (χ3v) is 10.7. The van der Waals surface area contributed by atoms with Crippen molar-refractivity contribution in [2.45, 2.75) is 150 Å². The first-order chi connectivity index (χ1) is 26.4. The van der Waals surface area contributed by atoms with Crippen LogP contribution >= 0.6 is 0 Å². The van der Waals surface area contributed by atoms with Crippen molar-refractivity contribution in [2.24, 2.45) is 5.41 Å². The fourth-order valence-corrected chi connectivity index (χ4v) is 7.17. The van der Waals surface area contributed by atoms with E-state index in [0.717, 1.165) is 50.1 Å². The number of phenols is 3. The smallest absolute Gasteiger partial charge is 0.306 e. The summed E-state index contributed by atoms with van der Waals surface area (Å²) in [6.07, 6.45) is 2.04. The highest BCUT2D eigenvalue weighted by atomic mass is 17.2. The second kappa shape index (κ2) is 19.9. The fraction of sp³-hybridized carbons (Fsp3) is 0.596. The third kappa shape index (κ3) is 13.7. The Kier molecular flexibility index (Phi) is 16.6. The summed E-state index contributed by atoms with van der Waals surface area (Å²) in [4.78, 5) is 29.4. The molecule has 0 aliphatic rings. The average Bonchev–Trinajstić information content (AvgIpc) is 3.11. The first kappa shape index (κ1) is 47.7. The maximum absolute atomic E-state index is 13.1. The molecule has 0 heterocycles. The van der Waals surface area contributed by atoms with E-state index in [9.17, 15) is 30.5 Å². The molecule has 57 heavy (non-hydrogen) atoms. The van der Waals surface area contributed by atoms with Crippen LogP contribution in [0.1, 0.15) is 138 Å². The highest BCUT2D eigenvalue weighted by Gasteiger charge is 2.36. The lowest BCUT2D eigenvalue weighted by molar-refractivity contribution is -0.324. The summed E-state index contributed by atoms with van der Waals surface area (Å²) in [5, 5.41) is 52.9. The Morgan fingerprint density at radius 2 is 1.11 bits per heavy atom. The van der Waals surface area contributed by atoms with E-state index in [-0.39, 0.29) is 60.4 Å². The number of aliphatic hydroxyl groups is 1. The van der Waals surface area contributed by atoms with Gasteiger partial charge in [-0.1, -0.05) is 98.7 Å². The van der Waals surface area contributed by atoms with Gasteiger partial charge >= 0.3 is 5.97 Å². The van der Waals surface area contributed by atoms with E-state index >= 15 is 0 Å². The van der Waals surface area contributed by atoms with Crippen LogP contribution in [0.2, 0.25) is 0 Å². The average molecular weight is 795 g/mol. The lowest BCUT2D eigenvalue weighted by Crippen LogP contribution is -2.41. The van der Waals surface area contributed by atoms with E-state index in [4.69, 9.17) is 19.4 Å². The Balaban J connectivity index is 1.73. The number of rotatable bonds is 19. The number of aliphatic hydroxyl groups excluding tert-OH is 1. The van der Waals surface area contributed by atoms with Gasteiger partial charge in [0.25, 0.3) is 0 Å². The van der Waals surface area contributed by atoms with E-state index < -0.39 is 24.1 Å². The molecule has 0 aliphatic heterocycles. The molecule has 0 radical (unpaired) electrons. The Morgan fingerprint density at radius 1 is 0.632 bits per heavy atom. The van der Waals surface area contributed by atoms with E-state index in [1.807, 2.05) is 65.8 Å². The van der Waals surface area contributed by atoms with Crippen molar-refractivity contribution in [1.29, 1.82) is 0 Å².